The second kappa shape index (κ2) is 6.16. The number of amides is 1. The van der Waals surface area contributed by atoms with Crippen molar-refractivity contribution in [3.8, 4) is 11.3 Å². The smallest absolute Gasteiger partial charge is 0.257 e. The number of carbonyl (C=O) groups is 1. The molecule has 1 aliphatic rings. The van der Waals surface area contributed by atoms with Crippen LogP contribution in [0.25, 0.3) is 11.3 Å². The number of aryl methyl sites for hydroxylation is 1. The molecule has 1 fully saturated rings. The minimum Gasteiger partial charge on any atom is -0.388 e. The number of aliphatic hydroxyl groups is 1. The van der Waals surface area contributed by atoms with Crippen LogP contribution in [0.4, 0.5) is 0 Å². The van der Waals surface area contributed by atoms with Gasteiger partial charge in [0.2, 0.25) is 0 Å². The maximum absolute atomic E-state index is 12.8. The summed E-state index contributed by atoms with van der Waals surface area (Å²) in [7, 11) is 3.56. The number of aromatic nitrogens is 2. The van der Waals surface area contributed by atoms with E-state index in [0.717, 1.165) is 31.2 Å². The molecule has 5 nitrogen and oxygen atoms in total. The summed E-state index contributed by atoms with van der Waals surface area (Å²) in [6, 6.07) is 9.70. The zero-order valence-corrected chi connectivity index (χ0v) is 13.7. The molecule has 0 atom stereocenters. The lowest BCUT2D eigenvalue weighted by Crippen LogP contribution is -2.42. The third kappa shape index (κ3) is 3.29. The summed E-state index contributed by atoms with van der Waals surface area (Å²) in [5.74, 6) is -0.0997. The average molecular weight is 313 g/mol. The van der Waals surface area contributed by atoms with Gasteiger partial charge < -0.3 is 10.0 Å². The van der Waals surface area contributed by atoms with Crippen molar-refractivity contribution in [2.75, 3.05) is 13.6 Å². The van der Waals surface area contributed by atoms with Crippen LogP contribution in [0.1, 0.15) is 36.0 Å². The largest absolute Gasteiger partial charge is 0.388 e. The number of nitrogens with zero attached hydrogens (tertiary/aromatic N) is 3. The third-order valence-corrected chi connectivity index (χ3v) is 4.52. The Morgan fingerprint density at radius 2 is 1.96 bits per heavy atom. The zero-order chi connectivity index (χ0) is 16.4. The van der Waals surface area contributed by atoms with E-state index < -0.39 is 5.60 Å². The lowest BCUT2D eigenvalue weighted by atomic mass is 10.0. The molecule has 3 rings (SSSR count). The van der Waals surface area contributed by atoms with Crippen LogP contribution in [0, 0.1) is 0 Å². The highest BCUT2D eigenvalue weighted by atomic mass is 16.3. The second-order valence-corrected chi connectivity index (χ2v) is 6.52. The first-order valence-corrected chi connectivity index (χ1v) is 8.05. The molecule has 1 aromatic carbocycles. The van der Waals surface area contributed by atoms with Crippen molar-refractivity contribution >= 4 is 5.91 Å². The predicted molar refractivity (Wildman–Crippen MR) is 89.0 cm³/mol. The van der Waals surface area contributed by atoms with Crippen LogP contribution >= 0.6 is 0 Å². The van der Waals surface area contributed by atoms with Crippen LogP contribution in [0.15, 0.2) is 36.5 Å². The fourth-order valence-electron chi connectivity index (χ4n) is 3.36. The molecule has 1 saturated carbocycles. The quantitative estimate of drug-likeness (QED) is 0.943. The van der Waals surface area contributed by atoms with Crippen LogP contribution in [-0.2, 0) is 7.05 Å². The Labute approximate surface area is 136 Å². The Balaban J connectivity index is 1.85. The van der Waals surface area contributed by atoms with Gasteiger partial charge in [-0.25, -0.2) is 0 Å². The standard InChI is InChI=1S/C18H23N3O2/c1-20(13-18(23)10-6-7-11-18)17(22)15-12-21(2)19-16(15)14-8-4-3-5-9-14/h3-5,8-9,12,23H,6-7,10-11,13H2,1-2H3. The van der Waals surface area contributed by atoms with Gasteiger partial charge >= 0.3 is 0 Å². The first-order chi connectivity index (χ1) is 11.0. The Morgan fingerprint density at radius 1 is 1.30 bits per heavy atom. The Morgan fingerprint density at radius 3 is 2.61 bits per heavy atom. The normalized spacial score (nSPS) is 16.5. The average Bonchev–Trinajstić information content (AvgIpc) is 3.13. The number of carbonyl (C=O) groups excluding carboxylic acids is 1. The van der Waals surface area contributed by atoms with Crippen LogP contribution in [-0.4, -0.2) is 44.9 Å². The van der Waals surface area contributed by atoms with E-state index in [4.69, 9.17) is 0 Å². The molecular weight excluding hydrogens is 290 g/mol. The van der Waals surface area contributed by atoms with Gasteiger partial charge in [0.15, 0.2) is 0 Å². The lowest BCUT2D eigenvalue weighted by molar-refractivity contribution is 0.0157. The van der Waals surface area contributed by atoms with E-state index in [9.17, 15) is 9.90 Å². The van der Waals surface area contributed by atoms with Gasteiger partial charge in [0, 0.05) is 32.4 Å². The molecule has 5 heteroatoms. The van der Waals surface area contributed by atoms with E-state index in [1.807, 2.05) is 37.4 Å². The summed E-state index contributed by atoms with van der Waals surface area (Å²) < 4.78 is 1.66. The second-order valence-electron chi connectivity index (χ2n) is 6.52. The van der Waals surface area contributed by atoms with Crippen molar-refractivity contribution < 1.29 is 9.90 Å². The van der Waals surface area contributed by atoms with Gasteiger partial charge in [-0.15, -0.1) is 0 Å². The van der Waals surface area contributed by atoms with Crippen molar-refractivity contribution in [3.63, 3.8) is 0 Å². The Hall–Kier alpha value is -2.14. The van der Waals surface area contributed by atoms with E-state index in [2.05, 4.69) is 5.10 Å². The number of hydrogen-bond acceptors (Lipinski definition) is 3. The van der Waals surface area contributed by atoms with Gasteiger partial charge in [-0.3, -0.25) is 9.48 Å². The predicted octanol–water partition coefficient (Wildman–Crippen LogP) is 2.46. The summed E-state index contributed by atoms with van der Waals surface area (Å²) >= 11 is 0. The summed E-state index contributed by atoms with van der Waals surface area (Å²) in [5, 5.41) is 15.0. The molecular formula is C18H23N3O2. The Bertz CT molecular complexity index is 688. The monoisotopic (exact) mass is 313 g/mol. The molecule has 1 amide bonds. The molecule has 23 heavy (non-hydrogen) atoms. The van der Waals surface area contributed by atoms with Gasteiger partial charge in [0.25, 0.3) is 5.91 Å². The maximum atomic E-state index is 12.8. The molecule has 0 spiro atoms. The van der Waals surface area contributed by atoms with Gasteiger partial charge in [0.05, 0.1) is 11.2 Å². The first-order valence-electron chi connectivity index (χ1n) is 8.05. The minimum atomic E-state index is -0.737. The topological polar surface area (TPSA) is 58.4 Å². The summed E-state index contributed by atoms with van der Waals surface area (Å²) in [6.45, 7) is 0.370. The van der Waals surface area contributed by atoms with Gasteiger partial charge in [0.1, 0.15) is 5.69 Å². The molecule has 0 bridgehead atoms. The van der Waals surface area contributed by atoms with Crippen molar-refractivity contribution in [3.05, 3.63) is 42.1 Å². The zero-order valence-electron chi connectivity index (χ0n) is 13.7. The molecule has 1 N–H and O–H groups in total. The third-order valence-electron chi connectivity index (χ3n) is 4.52. The van der Waals surface area contributed by atoms with Crippen LogP contribution in [0.2, 0.25) is 0 Å². The SMILES string of the molecule is CN(CC1(O)CCCC1)C(=O)c1cn(C)nc1-c1ccccc1. The first kappa shape index (κ1) is 15.7. The molecule has 0 aliphatic heterocycles. The van der Waals surface area contributed by atoms with E-state index >= 15 is 0 Å². The van der Waals surface area contributed by atoms with Crippen LogP contribution in [0.3, 0.4) is 0 Å². The highest BCUT2D eigenvalue weighted by molar-refractivity contribution is 5.99. The highest BCUT2D eigenvalue weighted by Crippen LogP contribution is 2.31. The van der Waals surface area contributed by atoms with E-state index in [-0.39, 0.29) is 5.91 Å². The highest BCUT2D eigenvalue weighted by Gasteiger charge is 2.34. The lowest BCUT2D eigenvalue weighted by Gasteiger charge is -2.28. The fourth-order valence-corrected chi connectivity index (χ4v) is 3.36. The molecule has 0 saturated heterocycles. The number of benzene rings is 1. The molecule has 0 radical (unpaired) electrons. The number of hydrogen-bond donors (Lipinski definition) is 1. The molecule has 1 heterocycles. The Kier molecular flexibility index (Phi) is 4.22. The number of rotatable bonds is 4. The van der Waals surface area contributed by atoms with Gasteiger partial charge in [-0.2, -0.15) is 5.10 Å². The van der Waals surface area contributed by atoms with Crippen LogP contribution in [0.5, 0.6) is 0 Å². The van der Waals surface area contributed by atoms with E-state index in [1.54, 1.807) is 22.8 Å². The van der Waals surface area contributed by atoms with Crippen molar-refractivity contribution in [1.29, 1.82) is 0 Å². The fraction of sp³-hybridized carbons (Fsp3) is 0.444. The van der Waals surface area contributed by atoms with E-state index in [1.165, 1.54) is 0 Å². The minimum absolute atomic E-state index is 0.0997. The summed E-state index contributed by atoms with van der Waals surface area (Å²) in [6.07, 6.45) is 5.34. The maximum Gasteiger partial charge on any atom is 0.257 e. The summed E-state index contributed by atoms with van der Waals surface area (Å²) in [4.78, 5) is 14.5. The molecule has 1 aliphatic carbocycles. The summed E-state index contributed by atoms with van der Waals surface area (Å²) in [5.41, 5.74) is 1.44. The molecule has 122 valence electrons. The van der Waals surface area contributed by atoms with E-state index in [0.29, 0.717) is 17.8 Å². The molecule has 0 unspecified atom stereocenters. The van der Waals surface area contributed by atoms with Crippen molar-refractivity contribution in [2.24, 2.45) is 7.05 Å². The van der Waals surface area contributed by atoms with Gasteiger partial charge in [-0.05, 0) is 12.8 Å². The van der Waals surface area contributed by atoms with Crippen molar-refractivity contribution in [1.82, 2.24) is 14.7 Å². The molecule has 2 aromatic rings. The van der Waals surface area contributed by atoms with Crippen molar-refractivity contribution in [2.45, 2.75) is 31.3 Å². The van der Waals surface area contributed by atoms with Gasteiger partial charge in [-0.1, -0.05) is 43.2 Å². The van der Waals surface area contributed by atoms with Crippen LogP contribution < -0.4 is 0 Å². The molecule has 1 aromatic heterocycles. The number of likely N-dealkylation sites (N-methyl/N-ethyl adjacent to an activating group) is 1.